The summed E-state index contributed by atoms with van der Waals surface area (Å²) in [6.45, 7) is 0. The summed E-state index contributed by atoms with van der Waals surface area (Å²) in [5.41, 5.74) is 0. The van der Waals surface area contributed by atoms with Crippen LogP contribution in [-0.2, 0) is 0 Å². The number of nitrogens with one attached hydrogen (secondary N) is 2. The van der Waals surface area contributed by atoms with Gasteiger partial charge in [0.2, 0.25) is 5.78 Å². The maximum absolute atomic E-state index is 11.9. The molecule has 0 saturated carbocycles. The number of carbonyl (C=O) groups excluding carboxylic acids is 1. The second-order valence-corrected chi connectivity index (χ2v) is 3.88. The molecule has 1 aromatic heterocycles. The van der Waals surface area contributed by atoms with Crippen molar-refractivity contribution in [3.8, 4) is 0 Å². The van der Waals surface area contributed by atoms with E-state index in [1.807, 2.05) is 0 Å². The lowest BCUT2D eigenvalue weighted by Crippen LogP contribution is -2.45. The zero-order chi connectivity index (χ0) is 10.9. The van der Waals surface area contributed by atoms with E-state index in [-0.39, 0.29) is 5.82 Å². The first-order valence-corrected chi connectivity index (χ1v) is 4.80. The van der Waals surface area contributed by atoms with Crippen molar-refractivity contribution in [3.05, 3.63) is 35.5 Å². The predicted molar refractivity (Wildman–Crippen MR) is 55.5 cm³/mol. The number of aromatic amines is 1. The fourth-order valence-corrected chi connectivity index (χ4v) is 1.68. The number of aromatic nitrogens is 3. The van der Waals surface area contributed by atoms with E-state index in [0.717, 1.165) is 0 Å². The summed E-state index contributed by atoms with van der Waals surface area (Å²) in [4.78, 5) is 14.2. The molecule has 1 atom stereocenters. The van der Waals surface area contributed by atoms with Crippen LogP contribution in [0.25, 0.3) is 0 Å². The van der Waals surface area contributed by atoms with E-state index in [0.29, 0.717) is 5.16 Å². The lowest BCUT2D eigenvalue weighted by atomic mass is 10.1. The van der Waals surface area contributed by atoms with Crippen LogP contribution in [0.4, 0.5) is 0 Å². The van der Waals surface area contributed by atoms with Crippen molar-refractivity contribution in [2.75, 3.05) is 0 Å². The molecule has 1 unspecified atom stereocenters. The van der Waals surface area contributed by atoms with Gasteiger partial charge >= 0.3 is 0 Å². The quantitative estimate of drug-likeness (QED) is 0.466. The average Bonchev–Trinajstić information content (AvgIpc) is 2.68. The van der Waals surface area contributed by atoms with Gasteiger partial charge in [-0.1, -0.05) is 29.3 Å². The van der Waals surface area contributed by atoms with Crippen LogP contribution in [0, 0.1) is 0 Å². The summed E-state index contributed by atoms with van der Waals surface area (Å²) in [5.74, 6) is -0.363. The molecule has 0 bridgehead atoms. The molecule has 0 aliphatic carbocycles. The highest BCUT2D eigenvalue weighted by Crippen LogP contribution is 2.24. The number of rotatable bonds is 2. The van der Waals surface area contributed by atoms with Gasteiger partial charge < -0.3 is 5.32 Å². The third kappa shape index (κ3) is 1.88. The van der Waals surface area contributed by atoms with Crippen molar-refractivity contribution in [1.82, 2.24) is 20.5 Å². The first-order chi connectivity index (χ1) is 7.12. The third-order valence-electron chi connectivity index (χ3n) is 1.83. The minimum absolute atomic E-state index is 0.0773. The zero-order valence-corrected chi connectivity index (χ0v) is 8.88. The number of hydrogen-bond acceptors (Lipinski definition) is 4. The number of ketones is 1. The van der Waals surface area contributed by atoms with Crippen LogP contribution in [0.5, 0.6) is 0 Å². The van der Waals surface area contributed by atoms with E-state index >= 15 is 0 Å². The third-order valence-corrected chi connectivity index (χ3v) is 2.44. The molecule has 5 nitrogen and oxygen atoms in total. The molecule has 1 aliphatic heterocycles. The number of allylic oxidation sites excluding steroid dienone is 2. The molecule has 0 aromatic carbocycles. The van der Waals surface area contributed by atoms with E-state index in [1.165, 1.54) is 12.4 Å². The second kappa shape index (κ2) is 3.67. The van der Waals surface area contributed by atoms with Gasteiger partial charge in [-0.3, -0.25) is 9.89 Å². The fraction of sp³-hybridized carbons (Fsp3) is 0.125. The van der Waals surface area contributed by atoms with E-state index in [2.05, 4.69) is 20.5 Å². The molecule has 2 rings (SSSR count). The van der Waals surface area contributed by atoms with Gasteiger partial charge in [0.1, 0.15) is 11.5 Å². The fourth-order valence-electron chi connectivity index (χ4n) is 1.14. The van der Waals surface area contributed by atoms with Gasteiger partial charge in [0, 0.05) is 0 Å². The topological polar surface area (TPSA) is 70.7 Å². The SMILES string of the molecule is O=C(c1ncn[nH]1)C1(Cl)C=CC=C(Cl)N1. The summed E-state index contributed by atoms with van der Waals surface area (Å²) in [6.07, 6.45) is 5.92. The van der Waals surface area contributed by atoms with Crippen LogP contribution in [0.2, 0.25) is 0 Å². The Bertz CT molecular complexity index is 440. The van der Waals surface area contributed by atoms with Crippen LogP contribution < -0.4 is 5.32 Å². The Morgan fingerprint density at radius 3 is 2.93 bits per heavy atom. The van der Waals surface area contributed by atoms with Gasteiger partial charge in [-0.2, -0.15) is 5.10 Å². The van der Waals surface area contributed by atoms with Gasteiger partial charge in [0.05, 0.1) is 0 Å². The first kappa shape index (κ1) is 10.2. The zero-order valence-electron chi connectivity index (χ0n) is 7.37. The number of H-pyrrole nitrogens is 1. The average molecular weight is 245 g/mol. The maximum Gasteiger partial charge on any atom is 0.244 e. The molecule has 1 aliphatic rings. The number of Topliss-reactive ketones (excluding diaryl/α,β-unsaturated/α-hetero) is 1. The van der Waals surface area contributed by atoms with Crippen LogP contribution in [-0.4, -0.2) is 26.0 Å². The molecule has 1 aromatic rings. The van der Waals surface area contributed by atoms with Crippen LogP contribution >= 0.6 is 23.2 Å². The second-order valence-electron chi connectivity index (χ2n) is 2.87. The Balaban J connectivity index is 2.28. The van der Waals surface area contributed by atoms with E-state index < -0.39 is 10.8 Å². The molecule has 15 heavy (non-hydrogen) atoms. The molecule has 0 fully saturated rings. The normalized spacial score (nSPS) is 24.5. The molecule has 7 heteroatoms. The molecular formula is C8H6Cl2N4O. The van der Waals surface area contributed by atoms with Crippen molar-refractivity contribution in [1.29, 1.82) is 0 Å². The molecule has 78 valence electrons. The number of carbonyl (C=O) groups is 1. The van der Waals surface area contributed by atoms with Gasteiger partial charge in [-0.25, -0.2) is 4.98 Å². The summed E-state index contributed by atoms with van der Waals surface area (Å²) >= 11 is 11.8. The molecule has 0 saturated heterocycles. The lowest BCUT2D eigenvalue weighted by Gasteiger charge is -2.24. The van der Waals surface area contributed by atoms with Gasteiger partial charge in [0.15, 0.2) is 10.8 Å². The Morgan fingerprint density at radius 2 is 2.33 bits per heavy atom. The highest BCUT2D eigenvalue weighted by molar-refractivity contribution is 6.40. The van der Waals surface area contributed by atoms with E-state index in [4.69, 9.17) is 23.2 Å². The number of halogens is 2. The highest BCUT2D eigenvalue weighted by atomic mass is 35.5. The Hall–Kier alpha value is -1.33. The van der Waals surface area contributed by atoms with Crippen molar-refractivity contribution in [2.24, 2.45) is 0 Å². The monoisotopic (exact) mass is 244 g/mol. The van der Waals surface area contributed by atoms with E-state index in [1.54, 1.807) is 12.2 Å². The van der Waals surface area contributed by atoms with E-state index in [9.17, 15) is 4.79 Å². The summed E-state index contributed by atoms with van der Waals surface area (Å²) in [5, 5.41) is 8.96. The van der Waals surface area contributed by atoms with Crippen LogP contribution in [0.1, 0.15) is 10.6 Å². The Morgan fingerprint density at radius 1 is 1.53 bits per heavy atom. The largest absolute Gasteiger partial charge is 0.348 e. The Kier molecular flexibility index (Phi) is 2.50. The standard InChI is InChI=1S/C8H6Cl2N4O/c9-5-2-1-3-8(10,13-5)6(15)7-11-4-12-14-7/h1-4,13H,(H,11,12,14). The maximum atomic E-state index is 11.9. The number of dihydropyridines is 1. The molecule has 0 spiro atoms. The number of nitrogens with zero attached hydrogens (tertiary/aromatic N) is 2. The first-order valence-electron chi connectivity index (χ1n) is 4.04. The predicted octanol–water partition coefficient (Wildman–Crippen LogP) is 1.16. The summed E-state index contributed by atoms with van der Waals surface area (Å²) < 4.78 is 0. The van der Waals surface area contributed by atoms with Gasteiger partial charge in [-0.15, -0.1) is 0 Å². The summed E-state index contributed by atoms with van der Waals surface area (Å²) in [7, 11) is 0. The van der Waals surface area contributed by atoms with Crippen LogP contribution in [0.15, 0.2) is 29.7 Å². The van der Waals surface area contributed by atoms with Crippen molar-refractivity contribution in [3.63, 3.8) is 0 Å². The minimum Gasteiger partial charge on any atom is -0.348 e. The highest BCUT2D eigenvalue weighted by Gasteiger charge is 2.37. The van der Waals surface area contributed by atoms with Gasteiger partial charge in [0.25, 0.3) is 0 Å². The van der Waals surface area contributed by atoms with Crippen molar-refractivity contribution < 1.29 is 4.79 Å². The smallest absolute Gasteiger partial charge is 0.244 e. The summed E-state index contributed by atoms with van der Waals surface area (Å²) in [6, 6.07) is 0. The van der Waals surface area contributed by atoms with Crippen molar-refractivity contribution in [2.45, 2.75) is 5.00 Å². The molecule has 2 N–H and O–H groups in total. The Labute approximate surface area is 95.2 Å². The molecular weight excluding hydrogens is 239 g/mol. The minimum atomic E-state index is -1.40. The van der Waals surface area contributed by atoms with Gasteiger partial charge in [-0.05, 0) is 12.2 Å². The number of hydrogen-bond donors (Lipinski definition) is 2. The molecule has 0 amide bonds. The lowest BCUT2D eigenvalue weighted by molar-refractivity contribution is 0.0938. The van der Waals surface area contributed by atoms with Crippen LogP contribution in [0.3, 0.4) is 0 Å². The molecule has 0 radical (unpaired) electrons. The van der Waals surface area contributed by atoms with Crippen molar-refractivity contribution >= 4 is 29.0 Å². The number of alkyl halides is 1. The molecule has 2 heterocycles.